The number of likely N-dealkylation sites (N-methyl/N-ethyl adjacent to an activating group) is 1. The van der Waals surface area contributed by atoms with Crippen LogP contribution >= 0.6 is 0 Å². The summed E-state index contributed by atoms with van der Waals surface area (Å²) in [5.41, 5.74) is 6.28. The number of hydrogen-bond donors (Lipinski definition) is 3. The van der Waals surface area contributed by atoms with Crippen molar-refractivity contribution >= 4 is 35.1 Å². The molecule has 0 aliphatic carbocycles. The molecule has 5 rings (SSSR count). The highest BCUT2D eigenvalue weighted by molar-refractivity contribution is 6.35. The zero-order chi connectivity index (χ0) is 27.7. The summed E-state index contributed by atoms with van der Waals surface area (Å²) in [6, 6.07) is 15.0. The highest BCUT2D eigenvalue weighted by atomic mass is 16.2. The van der Waals surface area contributed by atoms with Gasteiger partial charge in [0.15, 0.2) is 0 Å². The van der Waals surface area contributed by atoms with Crippen molar-refractivity contribution in [1.82, 2.24) is 20.1 Å². The second-order valence-electron chi connectivity index (χ2n) is 10.4. The van der Waals surface area contributed by atoms with Gasteiger partial charge in [-0.05, 0) is 62.7 Å². The molecule has 1 saturated heterocycles. The molecule has 0 bridgehead atoms. The molecule has 3 amide bonds. The number of amides is 3. The molecular formula is C31H35N5O3. The first kappa shape index (κ1) is 26.4. The van der Waals surface area contributed by atoms with E-state index >= 15 is 0 Å². The second-order valence-corrected chi connectivity index (χ2v) is 10.4. The van der Waals surface area contributed by atoms with Gasteiger partial charge in [-0.2, -0.15) is 0 Å². The van der Waals surface area contributed by atoms with E-state index < -0.39 is 0 Å². The van der Waals surface area contributed by atoms with E-state index in [9.17, 15) is 14.4 Å². The van der Waals surface area contributed by atoms with E-state index in [1.807, 2.05) is 56.0 Å². The van der Waals surface area contributed by atoms with Gasteiger partial charge in [0, 0.05) is 54.4 Å². The third-order valence-corrected chi connectivity index (χ3v) is 7.75. The van der Waals surface area contributed by atoms with Crippen molar-refractivity contribution < 1.29 is 14.4 Å². The van der Waals surface area contributed by atoms with Crippen molar-refractivity contribution in [3.05, 3.63) is 87.7 Å². The molecule has 8 heteroatoms. The number of nitrogens with one attached hydrogen (secondary N) is 3. The molecule has 0 unspecified atom stereocenters. The van der Waals surface area contributed by atoms with Crippen LogP contribution in [0.15, 0.2) is 48.5 Å². The number of fused-ring (bicyclic) bond motifs is 1. The molecular weight excluding hydrogens is 490 g/mol. The highest BCUT2D eigenvalue weighted by Gasteiger charge is 2.29. The van der Waals surface area contributed by atoms with Crippen LogP contribution in [0.25, 0.3) is 11.6 Å². The second kappa shape index (κ2) is 10.9. The lowest BCUT2D eigenvalue weighted by molar-refractivity contribution is -0.110. The minimum absolute atomic E-state index is 0.0122. The fourth-order valence-corrected chi connectivity index (χ4v) is 5.37. The minimum Gasteiger partial charge on any atom is -0.358 e. The van der Waals surface area contributed by atoms with Gasteiger partial charge >= 0.3 is 0 Å². The summed E-state index contributed by atoms with van der Waals surface area (Å²) in [5.74, 6) is -0.422. The number of benzene rings is 2. The topological polar surface area (TPSA) is 97.5 Å². The van der Waals surface area contributed by atoms with E-state index in [2.05, 4.69) is 27.6 Å². The number of rotatable bonds is 6. The Morgan fingerprint density at radius 1 is 1.05 bits per heavy atom. The predicted octanol–water partition coefficient (Wildman–Crippen LogP) is 4.39. The van der Waals surface area contributed by atoms with Gasteiger partial charge in [0.1, 0.15) is 0 Å². The molecule has 39 heavy (non-hydrogen) atoms. The normalized spacial score (nSPS) is 17.2. The molecule has 2 aliphatic rings. The number of carbonyl (C=O) groups excluding carboxylic acids is 3. The van der Waals surface area contributed by atoms with Crippen molar-refractivity contribution in [3.8, 4) is 0 Å². The minimum atomic E-state index is -0.239. The maximum absolute atomic E-state index is 13.3. The summed E-state index contributed by atoms with van der Waals surface area (Å²) in [6.45, 7) is 8.92. The molecule has 3 heterocycles. The first-order valence-electron chi connectivity index (χ1n) is 13.5. The number of aromatic nitrogens is 1. The number of aryl methyl sites for hydroxylation is 1. The lowest BCUT2D eigenvalue weighted by Crippen LogP contribution is -2.47. The van der Waals surface area contributed by atoms with Crippen LogP contribution in [0.3, 0.4) is 0 Å². The third-order valence-electron chi connectivity index (χ3n) is 7.75. The molecule has 1 fully saturated rings. The first-order valence-corrected chi connectivity index (χ1v) is 13.5. The maximum Gasteiger partial charge on any atom is 0.256 e. The Kier molecular flexibility index (Phi) is 7.39. The fraction of sp³-hybridized carbons (Fsp3) is 0.323. The van der Waals surface area contributed by atoms with Crippen LogP contribution in [0.5, 0.6) is 0 Å². The largest absolute Gasteiger partial charge is 0.358 e. The summed E-state index contributed by atoms with van der Waals surface area (Å²) >= 11 is 0. The van der Waals surface area contributed by atoms with Gasteiger partial charge in [0.25, 0.3) is 17.7 Å². The smallest absolute Gasteiger partial charge is 0.256 e. The standard InChI is InChI=1S/C31H35N5O3/c1-5-25(21-9-7-6-8-10-21)33-29(37)22-11-12-26-23(17-22)24(30(38)34-26)18-27-19(2)28(20(3)32-27)31(39)36-15-13-35(4)14-16-36/h6-12,17-18,25,32H,5,13-16H2,1-4H3,(H,33,37)(H,34,38)/b24-18-/t25-/m1/s1. The molecule has 0 saturated carbocycles. The van der Waals surface area contributed by atoms with E-state index in [1.165, 1.54) is 0 Å². The van der Waals surface area contributed by atoms with Gasteiger partial charge in [0.2, 0.25) is 0 Å². The van der Waals surface area contributed by atoms with Gasteiger partial charge in [0.05, 0.1) is 17.2 Å². The molecule has 2 aliphatic heterocycles. The number of hydrogen-bond acceptors (Lipinski definition) is 4. The molecule has 3 N–H and O–H groups in total. The summed E-state index contributed by atoms with van der Waals surface area (Å²) in [6.07, 6.45) is 2.54. The number of piperazine rings is 1. The lowest BCUT2D eigenvalue weighted by atomic mass is 10.0. The lowest BCUT2D eigenvalue weighted by Gasteiger charge is -2.32. The van der Waals surface area contributed by atoms with Crippen LogP contribution in [-0.2, 0) is 4.79 Å². The number of nitrogens with zero attached hydrogens (tertiary/aromatic N) is 2. The van der Waals surface area contributed by atoms with Gasteiger partial charge < -0.3 is 25.4 Å². The SMILES string of the molecule is CC[C@@H](NC(=O)c1ccc2c(c1)/C(=C/c1[nH]c(C)c(C(=O)N3CCN(C)CC3)c1C)C(=O)N2)c1ccccc1. The van der Waals surface area contributed by atoms with Gasteiger partial charge in [-0.1, -0.05) is 37.3 Å². The van der Waals surface area contributed by atoms with E-state index in [0.717, 1.165) is 36.3 Å². The summed E-state index contributed by atoms with van der Waals surface area (Å²) in [7, 11) is 2.06. The van der Waals surface area contributed by atoms with Crippen molar-refractivity contribution in [2.45, 2.75) is 33.2 Å². The Morgan fingerprint density at radius 3 is 2.46 bits per heavy atom. The van der Waals surface area contributed by atoms with E-state index in [0.29, 0.717) is 46.7 Å². The molecule has 3 aromatic rings. The Hall–Kier alpha value is -4.17. The number of aromatic amines is 1. The fourth-order valence-electron chi connectivity index (χ4n) is 5.37. The average Bonchev–Trinajstić information content (AvgIpc) is 3.41. The van der Waals surface area contributed by atoms with Crippen molar-refractivity contribution in [3.63, 3.8) is 0 Å². The molecule has 1 aromatic heterocycles. The number of anilines is 1. The van der Waals surface area contributed by atoms with Crippen LogP contribution in [0.4, 0.5) is 5.69 Å². The van der Waals surface area contributed by atoms with Crippen LogP contribution in [0.1, 0.15) is 68.2 Å². The summed E-state index contributed by atoms with van der Waals surface area (Å²) < 4.78 is 0. The van der Waals surface area contributed by atoms with Crippen LogP contribution < -0.4 is 10.6 Å². The molecule has 1 atom stereocenters. The van der Waals surface area contributed by atoms with E-state index in [4.69, 9.17) is 0 Å². The Balaban J connectivity index is 1.41. The molecule has 202 valence electrons. The quantitative estimate of drug-likeness (QED) is 0.416. The van der Waals surface area contributed by atoms with Gasteiger partial charge in [-0.3, -0.25) is 14.4 Å². The van der Waals surface area contributed by atoms with Crippen LogP contribution in [-0.4, -0.2) is 65.7 Å². The average molecular weight is 526 g/mol. The van der Waals surface area contributed by atoms with Crippen LogP contribution in [0.2, 0.25) is 0 Å². The molecule has 0 radical (unpaired) electrons. The number of H-pyrrole nitrogens is 1. The molecule has 0 spiro atoms. The Labute approximate surface area is 229 Å². The first-order chi connectivity index (χ1) is 18.8. The molecule has 2 aromatic carbocycles. The van der Waals surface area contributed by atoms with E-state index in [1.54, 1.807) is 24.3 Å². The summed E-state index contributed by atoms with van der Waals surface area (Å²) in [5, 5.41) is 6.02. The van der Waals surface area contributed by atoms with Crippen molar-refractivity contribution in [1.29, 1.82) is 0 Å². The highest BCUT2D eigenvalue weighted by Crippen LogP contribution is 2.35. The van der Waals surface area contributed by atoms with Gasteiger partial charge in [-0.15, -0.1) is 0 Å². The molecule has 8 nitrogen and oxygen atoms in total. The zero-order valence-corrected chi connectivity index (χ0v) is 22.9. The number of carbonyl (C=O) groups is 3. The third kappa shape index (κ3) is 5.25. The Morgan fingerprint density at radius 2 is 1.77 bits per heavy atom. The zero-order valence-electron chi connectivity index (χ0n) is 22.9. The van der Waals surface area contributed by atoms with Crippen LogP contribution in [0, 0.1) is 13.8 Å². The maximum atomic E-state index is 13.3. The predicted molar refractivity (Wildman–Crippen MR) is 154 cm³/mol. The van der Waals surface area contributed by atoms with E-state index in [-0.39, 0.29) is 23.8 Å². The monoisotopic (exact) mass is 525 g/mol. The van der Waals surface area contributed by atoms with Crippen molar-refractivity contribution in [2.24, 2.45) is 0 Å². The summed E-state index contributed by atoms with van der Waals surface area (Å²) in [4.78, 5) is 46.9. The van der Waals surface area contributed by atoms with Crippen molar-refractivity contribution in [2.75, 3.05) is 38.5 Å². The Bertz CT molecular complexity index is 1450. The van der Waals surface area contributed by atoms with Gasteiger partial charge in [-0.25, -0.2) is 0 Å².